The zero-order valence-electron chi connectivity index (χ0n) is 10.6. The number of aromatic nitrogens is 3. The van der Waals surface area contributed by atoms with E-state index in [1.54, 1.807) is 12.1 Å². The van der Waals surface area contributed by atoms with Crippen molar-refractivity contribution in [1.82, 2.24) is 14.8 Å². The minimum atomic E-state index is -3.94. The van der Waals surface area contributed by atoms with Crippen molar-refractivity contribution in [3.8, 4) is 5.69 Å². The third-order valence-corrected chi connectivity index (χ3v) is 4.00. The molecule has 2 N–H and O–H groups in total. The topological polar surface area (TPSA) is 100 Å². The van der Waals surface area contributed by atoms with Crippen molar-refractivity contribution in [3.63, 3.8) is 0 Å². The maximum Gasteiger partial charge on any atom is 0.274 e. The first-order valence-electron chi connectivity index (χ1n) is 6.18. The van der Waals surface area contributed by atoms with Gasteiger partial charge in [0.25, 0.3) is 15.2 Å². The number of rotatable bonds is 3. The Kier molecular flexibility index (Phi) is 3.28. The van der Waals surface area contributed by atoms with E-state index >= 15 is 0 Å². The summed E-state index contributed by atoms with van der Waals surface area (Å²) in [7, 11) is -3.94. The molecule has 1 atom stereocenters. The molecule has 2 heterocycles. The number of sulfonamides is 1. The van der Waals surface area contributed by atoms with Gasteiger partial charge in [0.1, 0.15) is 5.82 Å². The molecule has 1 aliphatic rings. The molecular weight excluding hydrogens is 280 g/mol. The molecular formula is C12H14N4O3S. The minimum absolute atomic E-state index is 0.0261. The van der Waals surface area contributed by atoms with Crippen LogP contribution in [0.2, 0.25) is 0 Å². The van der Waals surface area contributed by atoms with Gasteiger partial charge in [-0.3, -0.25) is 4.57 Å². The van der Waals surface area contributed by atoms with Gasteiger partial charge in [-0.1, -0.05) is 18.2 Å². The van der Waals surface area contributed by atoms with Gasteiger partial charge in [-0.2, -0.15) is 0 Å². The van der Waals surface area contributed by atoms with Crippen LogP contribution >= 0.6 is 0 Å². The Morgan fingerprint density at radius 3 is 2.60 bits per heavy atom. The number of benzene rings is 1. The molecule has 2 aromatic rings. The number of hydrogen-bond acceptors (Lipinski definition) is 5. The summed E-state index contributed by atoms with van der Waals surface area (Å²) in [5, 5.41) is 12.7. The lowest BCUT2D eigenvalue weighted by Crippen LogP contribution is -2.19. The van der Waals surface area contributed by atoms with E-state index in [1.165, 1.54) is 4.57 Å². The Labute approximate surface area is 116 Å². The largest absolute Gasteiger partial charge is 0.381 e. The fourth-order valence-electron chi connectivity index (χ4n) is 2.29. The number of primary sulfonamides is 1. The predicted octanol–water partition coefficient (Wildman–Crippen LogP) is 0.419. The van der Waals surface area contributed by atoms with Gasteiger partial charge < -0.3 is 4.74 Å². The molecule has 0 bridgehead atoms. The monoisotopic (exact) mass is 294 g/mol. The molecule has 0 aliphatic carbocycles. The fraction of sp³-hybridized carbons (Fsp3) is 0.333. The first-order valence-corrected chi connectivity index (χ1v) is 7.73. The van der Waals surface area contributed by atoms with Gasteiger partial charge in [-0.25, -0.2) is 13.6 Å². The Morgan fingerprint density at radius 1 is 1.25 bits per heavy atom. The Bertz CT molecular complexity index is 706. The van der Waals surface area contributed by atoms with Crippen molar-refractivity contribution in [3.05, 3.63) is 36.2 Å². The Balaban J connectivity index is 2.19. The Morgan fingerprint density at radius 2 is 2.00 bits per heavy atom. The first-order chi connectivity index (χ1) is 9.57. The molecule has 0 radical (unpaired) electrons. The van der Waals surface area contributed by atoms with Crippen molar-refractivity contribution < 1.29 is 13.2 Å². The maximum absolute atomic E-state index is 11.7. The van der Waals surface area contributed by atoms with Crippen LogP contribution in [-0.4, -0.2) is 36.4 Å². The van der Waals surface area contributed by atoms with Crippen molar-refractivity contribution >= 4 is 10.0 Å². The molecule has 7 nitrogen and oxygen atoms in total. The molecule has 1 aromatic carbocycles. The molecule has 20 heavy (non-hydrogen) atoms. The van der Waals surface area contributed by atoms with Crippen LogP contribution in [0.1, 0.15) is 18.2 Å². The van der Waals surface area contributed by atoms with E-state index in [1.807, 2.05) is 18.2 Å². The maximum atomic E-state index is 11.7. The lowest BCUT2D eigenvalue weighted by atomic mass is 10.1. The summed E-state index contributed by atoms with van der Waals surface area (Å²) in [5.74, 6) is 0.593. The lowest BCUT2D eigenvalue weighted by molar-refractivity contribution is 0.193. The van der Waals surface area contributed by atoms with Crippen LogP contribution in [0.5, 0.6) is 0 Å². The second-order valence-electron chi connectivity index (χ2n) is 4.62. The van der Waals surface area contributed by atoms with E-state index in [9.17, 15) is 8.42 Å². The highest BCUT2D eigenvalue weighted by atomic mass is 32.2. The minimum Gasteiger partial charge on any atom is -0.381 e. The summed E-state index contributed by atoms with van der Waals surface area (Å²) in [6, 6.07) is 9.06. The van der Waals surface area contributed by atoms with Gasteiger partial charge >= 0.3 is 0 Å². The molecule has 1 aromatic heterocycles. The summed E-state index contributed by atoms with van der Waals surface area (Å²) in [6.45, 7) is 1.15. The first kappa shape index (κ1) is 13.2. The summed E-state index contributed by atoms with van der Waals surface area (Å²) in [4.78, 5) is 0. The van der Waals surface area contributed by atoms with E-state index in [0.717, 1.165) is 6.42 Å². The molecule has 106 valence electrons. The van der Waals surface area contributed by atoms with Crippen molar-refractivity contribution in [2.24, 2.45) is 5.14 Å². The van der Waals surface area contributed by atoms with Crippen LogP contribution in [0.25, 0.3) is 5.69 Å². The summed E-state index contributed by atoms with van der Waals surface area (Å²) in [5.41, 5.74) is 0.670. The second kappa shape index (κ2) is 4.97. The van der Waals surface area contributed by atoms with E-state index < -0.39 is 10.0 Å². The number of ether oxygens (including phenoxy) is 1. The zero-order valence-corrected chi connectivity index (χ0v) is 11.5. The van der Waals surface area contributed by atoms with Crippen LogP contribution in [0.3, 0.4) is 0 Å². The molecule has 3 rings (SSSR count). The Hall–Kier alpha value is -1.77. The highest BCUT2D eigenvalue weighted by molar-refractivity contribution is 7.89. The molecule has 0 amide bonds. The SMILES string of the molecule is NS(=O)(=O)c1nnc(C2CCOC2)n1-c1ccccc1. The van der Waals surface area contributed by atoms with E-state index in [2.05, 4.69) is 10.2 Å². The van der Waals surface area contributed by atoms with Crippen molar-refractivity contribution in [1.29, 1.82) is 0 Å². The quantitative estimate of drug-likeness (QED) is 0.884. The van der Waals surface area contributed by atoms with Crippen LogP contribution < -0.4 is 5.14 Å². The van der Waals surface area contributed by atoms with E-state index in [0.29, 0.717) is 24.7 Å². The number of nitrogens with zero attached hydrogens (tertiary/aromatic N) is 3. The smallest absolute Gasteiger partial charge is 0.274 e. The normalized spacial score (nSPS) is 19.4. The van der Waals surface area contributed by atoms with Crippen LogP contribution in [-0.2, 0) is 14.8 Å². The van der Waals surface area contributed by atoms with Crippen molar-refractivity contribution in [2.45, 2.75) is 17.5 Å². The highest BCUT2D eigenvalue weighted by Crippen LogP contribution is 2.27. The average Bonchev–Trinajstić information content (AvgIpc) is 3.07. The molecule has 1 saturated heterocycles. The molecule has 1 aliphatic heterocycles. The third-order valence-electron chi connectivity index (χ3n) is 3.22. The van der Waals surface area contributed by atoms with Crippen LogP contribution in [0.15, 0.2) is 35.5 Å². The van der Waals surface area contributed by atoms with Gasteiger partial charge in [0, 0.05) is 18.2 Å². The summed E-state index contributed by atoms with van der Waals surface area (Å²) >= 11 is 0. The molecule has 0 saturated carbocycles. The van der Waals surface area contributed by atoms with E-state index in [-0.39, 0.29) is 11.1 Å². The van der Waals surface area contributed by atoms with Crippen molar-refractivity contribution in [2.75, 3.05) is 13.2 Å². The van der Waals surface area contributed by atoms with E-state index in [4.69, 9.17) is 9.88 Å². The van der Waals surface area contributed by atoms with Gasteiger partial charge in [0.15, 0.2) is 0 Å². The summed E-state index contributed by atoms with van der Waals surface area (Å²) in [6.07, 6.45) is 0.787. The molecule has 1 fully saturated rings. The summed E-state index contributed by atoms with van der Waals surface area (Å²) < 4.78 is 30.2. The molecule has 0 spiro atoms. The number of hydrogen-bond donors (Lipinski definition) is 1. The predicted molar refractivity (Wildman–Crippen MR) is 70.9 cm³/mol. The van der Waals surface area contributed by atoms with Gasteiger partial charge in [-0.05, 0) is 18.6 Å². The average molecular weight is 294 g/mol. The van der Waals surface area contributed by atoms with Gasteiger partial charge in [0.2, 0.25) is 0 Å². The zero-order chi connectivity index (χ0) is 14.2. The van der Waals surface area contributed by atoms with Gasteiger partial charge in [-0.15, -0.1) is 10.2 Å². The fourth-order valence-corrected chi connectivity index (χ4v) is 2.90. The molecule has 8 heteroatoms. The van der Waals surface area contributed by atoms with Crippen LogP contribution in [0, 0.1) is 0 Å². The number of nitrogens with two attached hydrogens (primary N) is 1. The second-order valence-corrected chi connectivity index (χ2v) is 6.07. The van der Waals surface area contributed by atoms with Crippen LogP contribution in [0.4, 0.5) is 0 Å². The lowest BCUT2D eigenvalue weighted by Gasteiger charge is -2.12. The van der Waals surface area contributed by atoms with Gasteiger partial charge in [0.05, 0.1) is 6.61 Å². The number of para-hydroxylation sites is 1. The standard InChI is InChI=1S/C12H14N4O3S/c13-20(17,18)12-15-14-11(9-6-7-19-8-9)16(12)10-4-2-1-3-5-10/h1-5,9H,6-8H2,(H2,13,17,18). The molecule has 1 unspecified atom stereocenters. The highest BCUT2D eigenvalue weighted by Gasteiger charge is 2.29. The third kappa shape index (κ3) is 2.33.